The molecule has 0 atom stereocenters. The predicted molar refractivity (Wildman–Crippen MR) is 119 cm³/mol. The molecule has 0 heterocycles. The summed E-state index contributed by atoms with van der Waals surface area (Å²) in [6.07, 6.45) is 0.949. The summed E-state index contributed by atoms with van der Waals surface area (Å²) < 4.78 is 5.56. The average molecular weight is 402 g/mol. The molecule has 0 spiro atoms. The number of carbonyl (C=O) groups is 2. The van der Waals surface area contributed by atoms with E-state index >= 15 is 0 Å². The number of nitrogens with one attached hydrogen (secondary N) is 1. The summed E-state index contributed by atoms with van der Waals surface area (Å²) in [6.45, 7) is 2.44. The molecule has 3 aromatic carbocycles. The Morgan fingerprint density at radius 2 is 1.53 bits per heavy atom. The van der Waals surface area contributed by atoms with Crippen molar-refractivity contribution in [3.63, 3.8) is 0 Å². The van der Waals surface area contributed by atoms with Crippen molar-refractivity contribution in [3.8, 4) is 5.75 Å². The van der Waals surface area contributed by atoms with Gasteiger partial charge in [0.05, 0.1) is 11.3 Å². The Morgan fingerprint density at radius 1 is 0.867 bits per heavy atom. The Morgan fingerprint density at radius 3 is 2.23 bits per heavy atom. The fourth-order valence-corrected chi connectivity index (χ4v) is 3.07. The minimum absolute atomic E-state index is 0.131. The van der Waals surface area contributed by atoms with Crippen LogP contribution in [0.2, 0.25) is 0 Å². The third-order valence-electron chi connectivity index (χ3n) is 4.74. The van der Waals surface area contributed by atoms with Gasteiger partial charge in [0.25, 0.3) is 11.8 Å². The van der Waals surface area contributed by atoms with E-state index in [0.717, 1.165) is 12.0 Å². The van der Waals surface area contributed by atoms with Crippen molar-refractivity contribution in [2.24, 2.45) is 0 Å². The number of amides is 2. The van der Waals surface area contributed by atoms with Crippen LogP contribution in [0.15, 0.2) is 78.9 Å². The Hall–Kier alpha value is -3.60. The van der Waals surface area contributed by atoms with Gasteiger partial charge in [-0.3, -0.25) is 9.59 Å². The minimum atomic E-state index is -0.319. The molecular weight excluding hydrogens is 376 g/mol. The highest BCUT2D eigenvalue weighted by atomic mass is 16.5. The first kappa shape index (κ1) is 21.1. The number of rotatable bonds is 8. The van der Waals surface area contributed by atoms with Crippen LogP contribution >= 0.6 is 0 Å². The minimum Gasteiger partial charge on any atom is -0.484 e. The number of para-hydroxylation sites is 1. The van der Waals surface area contributed by atoms with Gasteiger partial charge >= 0.3 is 0 Å². The molecule has 0 aliphatic rings. The monoisotopic (exact) mass is 402 g/mol. The van der Waals surface area contributed by atoms with Crippen LogP contribution < -0.4 is 10.1 Å². The SMILES string of the molecule is CCc1ccc(OCC(=O)Nc2ccccc2C(=O)N(C)Cc2ccccc2)cc1. The zero-order valence-corrected chi connectivity index (χ0v) is 17.3. The summed E-state index contributed by atoms with van der Waals surface area (Å²) in [6, 6.07) is 24.4. The Labute approximate surface area is 177 Å². The van der Waals surface area contributed by atoms with Gasteiger partial charge in [-0.15, -0.1) is 0 Å². The molecule has 2 amide bonds. The largest absolute Gasteiger partial charge is 0.484 e. The second-order valence-corrected chi connectivity index (χ2v) is 7.03. The van der Waals surface area contributed by atoms with Crippen LogP contribution in [0.1, 0.15) is 28.4 Å². The highest BCUT2D eigenvalue weighted by molar-refractivity contribution is 6.03. The highest BCUT2D eigenvalue weighted by Gasteiger charge is 2.17. The van der Waals surface area contributed by atoms with E-state index in [9.17, 15) is 9.59 Å². The van der Waals surface area contributed by atoms with E-state index in [1.807, 2.05) is 54.6 Å². The van der Waals surface area contributed by atoms with Gasteiger partial charge in [0.1, 0.15) is 5.75 Å². The van der Waals surface area contributed by atoms with Crippen molar-refractivity contribution in [1.82, 2.24) is 4.90 Å². The van der Waals surface area contributed by atoms with E-state index < -0.39 is 0 Å². The summed E-state index contributed by atoms with van der Waals surface area (Å²) >= 11 is 0. The average Bonchev–Trinajstić information content (AvgIpc) is 2.78. The molecule has 3 rings (SSSR count). The van der Waals surface area contributed by atoms with Crippen LogP contribution in [0.25, 0.3) is 0 Å². The molecule has 0 aliphatic carbocycles. The van der Waals surface area contributed by atoms with Gasteiger partial charge < -0.3 is 15.0 Å². The fourth-order valence-electron chi connectivity index (χ4n) is 3.07. The standard InChI is InChI=1S/C25H26N2O3/c1-3-19-13-15-21(16-14-19)30-18-24(28)26-23-12-8-7-11-22(23)25(29)27(2)17-20-9-5-4-6-10-20/h4-16H,3,17-18H2,1-2H3,(H,26,28). The molecule has 0 fully saturated rings. The summed E-state index contributed by atoms with van der Waals surface area (Å²) in [5.74, 6) is 0.153. The molecule has 0 unspecified atom stereocenters. The molecule has 5 heteroatoms. The van der Waals surface area contributed by atoms with Crippen LogP contribution in [-0.2, 0) is 17.8 Å². The summed E-state index contributed by atoms with van der Waals surface area (Å²) in [5.41, 5.74) is 3.16. The smallest absolute Gasteiger partial charge is 0.262 e. The lowest BCUT2D eigenvalue weighted by Crippen LogP contribution is -2.28. The summed E-state index contributed by atoms with van der Waals surface area (Å²) in [5, 5.41) is 2.79. The molecule has 5 nitrogen and oxygen atoms in total. The maximum atomic E-state index is 12.9. The van der Waals surface area contributed by atoms with Crippen LogP contribution in [0, 0.1) is 0 Å². The predicted octanol–water partition coefficient (Wildman–Crippen LogP) is 4.54. The third-order valence-corrected chi connectivity index (χ3v) is 4.74. The van der Waals surface area contributed by atoms with E-state index in [-0.39, 0.29) is 18.4 Å². The van der Waals surface area contributed by atoms with E-state index in [1.165, 1.54) is 5.56 Å². The number of nitrogens with zero attached hydrogens (tertiary/aromatic N) is 1. The summed E-state index contributed by atoms with van der Waals surface area (Å²) in [7, 11) is 1.75. The van der Waals surface area contributed by atoms with Crippen molar-refractivity contribution < 1.29 is 14.3 Å². The molecule has 0 aliphatic heterocycles. The van der Waals surface area contributed by atoms with Gasteiger partial charge in [0, 0.05) is 13.6 Å². The quantitative estimate of drug-likeness (QED) is 0.602. The molecule has 154 valence electrons. The number of benzene rings is 3. The molecule has 0 saturated heterocycles. The lowest BCUT2D eigenvalue weighted by molar-refractivity contribution is -0.118. The first-order chi connectivity index (χ1) is 14.6. The Bertz CT molecular complexity index is 985. The molecule has 30 heavy (non-hydrogen) atoms. The number of ether oxygens (including phenoxy) is 1. The number of aryl methyl sites for hydroxylation is 1. The maximum Gasteiger partial charge on any atom is 0.262 e. The second kappa shape index (κ2) is 10.3. The second-order valence-electron chi connectivity index (χ2n) is 7.03. The number of hydrogen-bond acceptors (Lipinski definition) is 3. The number of hydrogen-bond donors (Lipinski definition) is 1. The van der Waals surface area contributed by atoms with Gasteiger partial charge in [-0.25, -0.2) is 0 Å². The molecule has 0 radical (unpaired) electrons. The van der Waals surface area contributed by atoms with Gasteiger partial charge in [-0.1, -0.05) is 61.5 Å². The molecule has 0 aromatic heterocycles. The Balaban J connectivity index is 1.62. The van der Waals surface area contributed by atoms with Crippen molar-refractivity contribution in [1.29, 1.82) is 0 Å². The molecule has 1 N–H and O–H groups in total. The molecule has 0 saturated carbocycles. The number of anilines is 1. The van der Waals surface area contributed by atoms with E-state index in [2.05, 4.69) is 12.2 Å². The lowest BCUT2D eigenvalue weighted by atomic mass is 10.1. The maximum absolute atomic E-state index is 12.9. The van der Waals surface area contributed by atoms with Gasteiger partial charge in [0.2, 0.25) is 0 Å². The van der Waals surface area contributed by atoms with Gasteiger partial charge in [-0.2, -0.15) is 0 Å². The van der Waals surface area contributed by atoms with Crippen molar-refractivity contribution >= 4 is 17.5 Å². The van der Waals surface area contributed by atoms with E-state index in [0.29, 0.717) is 23.5 Å². The van der Waals surface area contributed by atoms with Crippen molar-refractivity contribution in [2.45, 2.75) is 19.9 Å². The molecular formula is C25H26N2O3. The fraction of sp³-hybridized carbons (Fsp3) is 0.200. The van der Waals surface area contributed by atoms with Crippen LogP contribution in [0.3, 0.4) is 0 Å². The third kappa shape index (κ3) is 5.70. The summed E-state index contributed by atoms with van der Waals surface area (Å²) in [4.78, 5) is 26.9. The van der Waals surface area contributed by atoms with Crippen LogP contribution in [0.5, 0.6) is 5.75 Å². The van der Waals surface area contributed by atoms with Crippen molar-refractivity contribution in [2.75, 3.05) is 19.0 Å². The zero-order valence-electron chi connectivity index (χ0n) is 17.3. The van der Waals surface area contributed by atoms with Crippen molar-refractivity contribution in [3.05, 3.63) is 95.6 Å². The van der Waals surface area contributed by atoms with E-state index in [4.69, 9.17) is 4.74 Å². The van der Waals surface area contributed by atoms with Gasteiger partial charge in [-0.05, 0) is 41.8 Å². The van der Waals surface area contributed by atoms with Crippen LogP contribution in [0.4, 0.5) is 5.69 Å². The van der Waals surface area contributed by atoms with E-state index in [1.54, 1.807) is 36.2 Å². The van der Waals surface area contributed by atoms with Crippen LogP contribution in [-0.4, -0.2) is 30.4 Å². The first-order valence-corrected chi connectivity index (χ1v) is 9.97. The topological polar surface area (TPSA) is 58.6 Å². The first-order valence-electron chi connectivity index (χ1n) is 9.97. The molecule has 3 aromatic rings. The normalized spacial score (nSPS) is 10.3. The molecule has 0 bridgehead atoms. The zero-order chi connectivity index (χ0) is 21.3. The lowest BCUT2D eigenvalue weighted by Gasteiger charge is -2.19. The number of carbonyl (C=O) groups excluding carboxylic acids is 2. The highest BCUT2D eigenvalue weighted by Crippen LogP contribution is 2.18. The van der Waals surface area contributed by atoms with Gasteiger partial charge in [0.15, 0.2) is 6.61 Å². The Kier molecular flexibility index (Phi) is 7.22.